The highest BCUT2D eigenvalue weighted by atomic mass is 35.5. The third-order valence-corrected chi connectivity index (χ3v) is 3.28. The van der Waals surface area contributed by atoms with E-state index < -0.39 is 0 Å². The van der Waals surface area contributed by atoms with E-state index >= 15 is 0 Å². The van der Waals surface area contributed by atoms with Gasteiger partial charge in [-0.1, -0.05) is 0 Å². The van der Waals surface area contributed by atoms with E-state index in [4.69, 9.17) is 16.3 Å². The first-order chi connectivity index (χ1) is 7.83. The van der Waals surface area contributed by atoms with Crippen molar-refractivity contribution in [1.29, 1.82) is 0 Å². The molecular weight excluding hydrogens is 226 g/mol. The molecule has 1 atom stereocenters. The zero-order chi connectivity index (χ0) is 11.4. The summed E-state index contributed by atoms with van der Waals surface area (Å²) >= 11 is 5.93. The lowest BCUT2D eigenvalue weighted by atomic mass is 10.2. The van der Waals surface area contributed by atoms with Gasteiger partial charge in [-0.25, -0.2) is 0 Å². The third-order valence-electron chi connectivity index (χ3n) is 2.92. The molecule has 5 heteroatoms. The maximum Gasteiger partial charge on any atom is 0.0634 e. The minimum absolute atomic E-state index is 0.334. The third kappa shape index (κ3) is 2.75. The number of alkyl halides is 1. The van der Waals surface area contributed by atoms with Crippen molar-refractivity contribution < 1.29 is 4.74 Å². The summed E-state index contributed by atoms with van der Waals surface area (Å²) in [6.07, 6.45) is 4.03. The van der Waals surface area contributed by atoms with Gasteiger partial charge in [0.25, 0.3) is 0 Å². The lowest BCUT2D eigenvalue weighted by molar-refractivity contribution is -0.00305. The summed E-state index contributed by atoms with van der Waals surface area (Å²) in [6, 6.07) is 0.334. The molecule has 0 bridgehead atoms. The molecule has 1 unspecified atom stereocenters. The zero-order valence-corrected chi connectivity index (χ0v) is 10.4. The molecule has 1 aromatic rings. The van der Waals surface area contributed by atoms with Crippen LogP contribution in [0.4, 0.5) is 0 Å². The van der Waals surface area contributed by atoms with Crippen molar-refractivity contribution in [2.75, 3.05) is 25.6 Å². The molecule has 0 amide bonds. The molecule has 2 rings (SSSR count). The first-order valence-electron chi connectivity index (χ1n) is 5.72. The second kappa shape index (κ2) is 5.66. The molecule has 90 valence electrons. The Hall–Kier alpha value is -0.580. The van der Waals surface area contributed by atoms with Crippen LogP contribution in [0.1, 0.15) is 12.5 Å². The number of hydrogen-bond donors (Lipinski definition) is 0. The summed E-state index contributed by atoms with van der Waals surface area (Å²) in [6.45, 7) is 6.42. The fraction of sp³-hybridized carbons (Fsp3) is 0.727. The van der Waals surface area contributed by atoms with E-state index in [-0.39, 0.29) is 0 Å². The summed E-state index contributed by atoms with van der Waals surface area (Å²) in [5.74, 6) is 0.627. The fourth-order valence-corrected chi connectivity index (χ4v) is 2.22. The molecule has 4 nitrogen and oxygen atoms in total. The number of nitrogens with zero attached hydrogens (tertiary/aromatic N) is 3. The number of aromatic nitrogens is 2. The van der Waals surface area contributed by atoms with E-state index in [9.17, 15) is 0 Å². The van der Waals surface area contributed by atoms with E-state index in [0.717, 1.165) is 32.8 Å². The Kier molecular flexibility index (Phi) is 4.21. The van der Waals surface area contributed by atoms with Gasteiger partial charge in [0.1, 0.15) is 0 Å². The van der Waals surface area contributed by atoms with Gasteiger partial charge in [-0.2, -0.15) is 5.10 Å². The summed E-state index contributed by atoms with van der Waals surface area (Å²) in [7, 11) is 0. The Morgan fingerprint density at radius 2 is 2.50 bits per heavy atom. The molecule has 1 fully saturated rings. The smallest absolute Gasteiger partial charge is 0.0634 e. The summed E-state index contributed by atoms with van der Waals surface area (Å²) < 4.78 is 7.37. The highest BCUT2D eigenvalue weighted by molar-refractivity contribution is 6.18. The van der Waals surface area contributed by atoms with E-state index in [1.165, 1.54) is 5.56 Å². The number of ether oxygens (including phenoxy) is 1. The van der Waals surface area contributed by atoms with Crippen LogP contribution in [0.15, 0.2) is 12.4 Å². The van der Waals surface area contributed by atoms with Gasteiger partial charge in [0.15, 0.2) is 0 Å². The van der Waals surface area contributed by atoms with E-state index in [1.807, 2.05) is 10.9 Å². The molecular formula is C11H18ClN3O. The Morgan fingerprint density at radius 1 is 1.62 bits per heavy atom. The lowest BCUT2D eigenvalue weighted by Crippen LogP contribution is -2.45. The predicted octanol–water partition coefficient (Wildman–Crippen LogP) is 1.34. The molecule has 1 aliphatic heterocycles. The Bertz CT molecular complexity index is 329. The van der Waals surface area contributed by atoms with Crippen molar-refractivity contribution >= 4 is 11.6 Å². The van der Waals surface area contributed by atoms with Gasteiger partial charge < -0.3 is 4.74 Å². The molecule has 16 heavy (non-hydrogen) atoms. The normalized spacial score (nSPS) is 22.5. The first kappa shape index (κ1) is 11.9. The molecule has 1 aliphatic rings. The van der Waals surface area contributed by atoms with Crippen molar-refractivity contribution in [3.8, 4) is 0 Å². The molecule has 0 saturated carbocycles. The maximum atomic E-state index is 5.93. The highest BCUT2D eigenvalue weighted by Gasteiger charge is 2.22. The van der Waals surface area contributed by atoms with Crippen LogP contribution < -0.4 is 0 Å². The second-order valence-electron chi connectivity index (χ2n) is 4.06. The van der Waals surface area contributed by atoms with Crippen LogP contribution in [0.3, 0.4) is 0 Å². The van der Waals surface area contributed by atoms with Crippen LogP contribution in [0.25, 0.3) is 0 Å². The van der Waals surface area contributed by atoms with Crippen LogP contribution >= 0.6 is 11.6 Å². The van der Waals surface area contributed by atoms with E-state index in [2.05, 4.69) is 23.1 Å². The number of hydrogen-bond acceptors (Lipinski definition) is 3. The second-order valence-corrected chi connectivity index (χ2v) is 4.37. The van der Waals surface area contributed by atoms with Crippen molar-refractivity contribution in [2.24, 2.45) is 0 Å². The molecule has 2 heterocycles. The average molecular weight is 244 g/mol. The van der Waals surface area contributed by atoms with Gasteiger partial charge in [0.2, 0.25) is 0 Å². The predicted molar refractivity (Wildman–Crippen MR) is 63.6 cm³/mol. The molecule has 0 spiro atoms. The van der Waals surface area contributed by atoms with Crippen molar-refractivity contribution in [3.63, 3.8) is 0 Å². The van der Waals surface area contributed by atoms with E-state index in [1.54, 1.807) is 0 Å². The summed E-state index contributed by atoms with van der Waals surface area (Å²) in [5, 5.41) is 4.28. The quantitative estimate of drug-likeness (QED) is 0.748. The monoisotopic (exact) mass is 243 g/mol. The minimum Gasteiger partial charge on any atom is -0.378 e. The van der Waals surface area contributed by atoms with Gasteiger partial charge in [0.05, 0.1) is 19.4 Å². The van der Waals surface area contributed by atoms with Crippen LogP contribution in [0.2, 0.25) is 0 Å². The molecule has 1 saturated heterocycles. The molecule has 0 N–H and O–H groups in total. The van der Waals surface area contributed by atoms with Crippen LogP contribution in [0.5, 0.6) is 0 Å². The lowest BCUT2D eigenvalue weighted by Gasteiger charge is -2.33. The van der Waals surface area contributed by atoms with Crippen LogP contribution in [0, 0.1) is 0 Å². The Morgan fingerprint density at radius 3 is 3.19 bits per heavy atom. The zero-order valence-electron chi connectivity index (χ0n) is 9.60. The van der Waals surface area contributed by atoms with Gasteiger partial charge in [-0.15, -0.1) is 11.6 Å². The maximum absolute atomic E-state index is 5.93. The fourth-order valence-electron chi connectivity index (χ4n) is 1.93. The van der Waals surface area contributed by atoms with Crippen molar-refractivity contribution in [1.82, 2.24) is 14.7 Å². The van der Waals surface area contributed by atoms with Crippen LogP contribution in [-0.2, 0) is 17.8 Å². The standard InChI is InChI=1S/C11H18ClN3O/c1-2-15-8-10(6-13-15)7-14-3-4-16-9-11(14)5-12/h6,8,11H,2-5,7,9H2,1H3. The Balaban J connectivity index is 1.96. The Labute approximate surface area is 101 Å². The topological polar surface area (TPSA) is 30.3 Å². The molecule has 1 aromatic heterocycles. The van der Waals surface area contributed by atoms with Gasteiger partial charge in [-0.3, -0.25) is 9.58 Å². The van der Waals surface area contributed by atoms with Crippen molar-refractivity contribution in [2.45, 2.75) is 26.1 Å². The largest absolute Gasteiger partial charge is 0.378 e. The SMILES string of the molecule is CCn1cc(CN2CCOCC2CCl)cn1. The summed E-state index contributed by atoms with van der Waals surface area (Å²) in [5.41, 5.74) is 1.25. The first-order valence-corrected chi connectivity index (χ1v) is 6.26. The number of halogens is 1. The van der Waals surface area contributed by atoms with Gasteiger partial charge in [0, 0.05) is 43.3 Å². The van der Waals surface area contributed by atoms with Gasteiger partial charge in [-0.05, 0) is 6.92 Å². The highest BCUT2D eigenvalue weighted by Crippen LogP contribution is 2.13. The number of rotatable bonds is 4. The average Bonchev–Trinajstić information content (AvgIpc) is 2.77. The minimum atomic E-state index is 0.334. The molecule has 0 radical (unpaired) electrons. The van der Waals surface area contributed by atoms with Gasteiger partial charge >= 0.3 is 0 Å². The van der Waals surface area contributed by atoms with E-state index in [0.29, 0.717) is 11.9 Å². The number of aryl methyl sites for hydroxylation is 1. The summed E-state index contributed by atoms with van der Waals surface area (Å²) in [4.78, 5) is 2.37. The molecule has 0 aliphatic carbocycles. The van der Waals surface area contributed by atoms with Crippen LogP contribution in [-0.4, -0.2) is 46.4 Å². The number of morpholine rings is 1. The van der Waals surface area contributed by atoms with Crippen molar-refractivity contribution in [3.05, 3.63) is 18.0 Å². The molecule has 0 aromatic carbocycles.